The molecule has 29 heavy (non-hydrogen) atoms. The van der Waals surface area contributed by atoms with Crippen molar-refractivity contribution in [1.82, 2.24) is 19.9 Å². The molecule has 0 aliphatic rings. The van der Waals surface area contributed by atoms with E-state index < -0.39 is 0 Å². The van der Waals surface area contributed by atoms with Gasteiger partial charge in [0.15, 0.2) is 11.8 Å². The minimum Gasteiger partial charge on any atom is -0.477 e. The number of nitrogen functional groups attached to an aromatic ring is 1. The largest absolute Gasteiger partial charge is 0.477 e. The van der Waals surface area contributed by atoms with Gasteiger partial charge in [-0.15, -0.1) is 0 Å². The third-order valence-corrected chi connectivity index (χ3v) is 5.29. The van der Waals surface area contributed by atoms with E-state index >= 15 is 0 Å². The number of halogens is 2. The van der Waals surface area contributed by atoms with E-state index in [-0.39, 0.29) is 12.6 Å². The molecule has 10 heteroatoms. The summed E-state index contributed by atoms with van der Waals surface area (Å²) in [4.78, 5) is 16.3. The Bertz CT molecular complexity index is 1220. The van der Waals surface area contributed by atoms with Crippen LogP contribution in [0.1, 0.15) is 0 Å². The van der Waals surface area contributed by atoms with Gasteiger partial charge in [-0.25, -0.2) is 15.0 Å². The second-order valence-corrected chi connectivity index (χ2v) is 7.64. The third-order valence-electron chi connectivity index (χ3n) is 3.88. The molecule has 0 bridgehead atoms. The monoisotopic (exact) mass is 442 g/mol. The number of rotatable bonds is 5. The van der Waals surface area contributed by atoms with Crippen molar-refractivity contribution in [3.8, 4) is 23.1 Å². The van der Waals surface area contributed by atoms with Crippen LogP contribution in [0.15, 0.2) is 52.6 Å². The summed E-state index contributed by atoms with van der Waals surface area (Å²) >= 11 is 13.8. The highest BCUT2D eigenvalue weighted by Gasteiger charge is 2.15. The summed E-state index contributed by atoms with van der Waals surface area (Å²) in [5.41, 5.74) is 8.76. The first kappa shape index (κ1) is 19.3. The van der Waals surface area contributed by atoms with Crippen LogP contribution in [-0.4, -0.2) is 26.5 Å². The normalized spacial score (nSPS) is 10.8. The Morgan fingerprint density at radius 1 is 1.10 bits per heavy atom. The average molecular weight is 443 g/mol. The molecular weight excluding hydrogens is 431 g/mol. The fourth-order valence-corrected chi connectivity index (χ4v) is 4.00. The lowest BCUT2D eigenvalue weighted by atomic mass is 10.1. The summed E-state index contributed by atoms with van der Waals surface area (Å²) in [6.45, 7) is -0.139. The molecule has 0 spiro atoms. The standard InChI is InChI=1S/C19H12Cl2N6OS/c20-11-8-12(21)16(28-6-5-22)7-10(11)15-9-17(27-18(23)24-15)29-19-25-13-3-1-2-4-14(13)26-19/h1-4,7-9H,6H2,(H,25,26)(H2,23,24,27). The number of nitrogens with zero attached hydrogens (tertiary/aromatic N) is 4. The molecule has 0 aliphatic carbocycles. The zero-order valence-corrected chi connectivity index (χ0v) is 17.0. The second-order valence-electron chi connectivity index (χ2n) is 5.82. The summed E-state index contributed by atoms with van der Waals surface area (Å²) in [5, 5.41) is 10.7. The van der Waals surface area contributed by atoms with Crippen molar-refractivity contribution in [2.24, 2.45) is 0 Å². The molecule has 0 atom stereocenters. The molecule has 0 fully saturated rings. The maximum absolute atomic E-state index is 8.73. The number of benzene rings is 2. The van der Waals surface area contributed by atoms with E-state index in [0.717, 1.165) is 11.0 Å². The van der Waals surface area contributed by atoms with Gasteiger partial charge in [-0.3, -0.25) is 0 Å². The van der Waals surface area contributed by atoms with Gasteiger partial charge in [0.05, 0.1) is 26.8 Å². The molecule has 2 aromatic heterocycles. The van der Waals surface area contributed by atoms with Crippen LogP contribution in [0.4, 0.5) is 5.95 Å². The lowest BCUT2D eigenvalue weighted by molar-refractivity contribution is 0.368. The second kappa shape index (κ2) is 8.17. The summed E-state index contributed by atoms with van der Waals surface area (Å²) in [6, 6.07) is 14.5. The first-order valence-corrected chi connectivity index (χ1v) is 9.87. The van der Waals surface area contributed by atoms with Crippen LogP contribution in [0.25, 0.3) is 22.3 Å². The Hall–Kier alpha value is -2.99. The lowest BCUT2D eigenvalue weighted by Gasteiger charge is -2.10. The van der Waals surface area contributed by atoms with Gasteiger partial charge in [0.1, 0.15) is 16.8 Å². The predicted octanol–water partition coefficient (Wildman–Crippen LogP) is 4.96. The smallest absolute Gasteiger partial charge is 0.221 e. The van der Waals surface area contributed by atoms with E-state index in [1.165, 1.54) is 17.8 Å². The maximum atomic E-state index is 8.73. The van der Waals surface area contributed by atoms with Crippen molar-refractivity contribution in [2.45, 2.75) is 10.2 Å². The number of hydrogen-bond donors (Lipinski definition) is 2. The fourth-order valence-electron chi connectivity index (χ4n) is 2.66. The minimum absolute atomic E-state index is 0.0895. The number of ether oxygens (including phenoxy) is 1. The number of fused-ring (bicyclic) bond motifs is 1. The van der Waals surface area contributed by atoms with Crippen LogP contribution in [0.3, 0.4) is 0 Å². The third kappa shape index (κ3) is 4.22. The molecule has 0 saturated carbocycles. The number of anilines is 1. The van der Waals surface area contributed by atoms with Gasteiger partial charge in [-0.05, 0) is 42.1 Å². The number of hydrogen-bond acceptors (Lipinski definition) is 7. The number of nitriles is 1. The van der Waals surface area contributed by atoms with Crippen molar-refractivity contribution in [1.29, 1.82) is 5.26 Å². The summed E-state index contributed by atoms with van der Waals surface area (Å²) < 4.78 is 5.35. The number of nitrogens with two attached hydrogens (primary N) is 1. The first-order chi connectivity index (χ1) is 14.0. The van der Waals surface area contributed by atoms with Crippen molar-refractivity contribution >= 4 is 51.9 Å². The quantitative estimate of drug-likeness (QED) is 0.419. The molecule has 3 N–H and O–H groups in total. The zero-order valence-electron chi connectivity index (χ0n) is 14.7. The van der Waals surface area contributed by atoms with Gasteiger partial charge >= 0.3 is 0 Å². The van der Waals surface area contributed by atoms with Gasteiger partial charge in [-0.2, -0.15) is 5.26 Å². The number of imidazole rings is 1. The topological polar surface area (TPSA) is 114 Å². The fraction of sp³-hybridized carbons (Fsp3) is 0.0526. The molecule has 2 heterocycles. The number of nitrogens with one attached hydrogen (secondary N) is 1. The van der Waals surface area contributed by atoms with Crippen molar-refractivity contribution < 1.29 is 4.74 Å². The minimum atomic E-state index is -0.139. The van der Waals surface area contributed by atoms with Gasteiger partial charge < -0.3 is 15.5 Å². The van der Waals surface area contributed by atoms with Crippen LogP contribution in [-0.2, 0) is 0 Å². The molecule has 0 saturated heterocycles. The Morgan fingerprint density at radius 2 is 1.93 bits per heavy atom. The Morgan fingerprint density at radius 3 is 2.72 bits per heavy atom. The van der Waals surface area contributed by atoms with Crippen LogP contribution in [0, 0.1) is 11.3 Å². The molecule has 0 aliphatic heterocycles. The molecule has 0 radical (unpaired) electrons. The van der Waals surface area contributed by atoms with Crippen molar-refractivity contribution in [3.63, 3.8) is 0 Å². The first-order valence-electron chi connectivity index (χ1n) is 8.30. The van der Waals surface area contributed by atoms with Gasteiger partial charge in [-0.1, -0.05) is 35.3 Å². The molecule has 4 rings (SSSR count). The van der Waals surface area contributed by atoms with Crippen LogP contribution >= 0.6 is 35.0 Å². The highest BCUT2D eigenvalue weighted by Crippen LogP contribution is 2.37. The SMILES string of the molecule is N#CCOc1cc(-c2cc(Sc3nc4ccccc4[nH]3)nc(N)n2)c(Cl)cc1Cl. The van der Waals surface area contributed by atoms with Crippen molar-refractivity contribution in [3.05, 3.63) is 52.5 Å². The number of aromatic amines is 1. The average Bonchev–Trinajstić information content (AvgIpc) is 3.09. The summed E-state index contributed by atoms with van der Waals surface area (Å²) in [7, 11) is 0. The number of para-hydroxylation sites is 2. The molecule has 144 valence electrons. The Kier molecular flexibility index (Phi) is 5.45. The highest BCUT2D eigenvalue weighted by molar-refractivity contribution is 7.99. The Balaban J connectivity index is 1.70. The van der Waals surface area contributed by atoms with E-state index in [9.17, 15) is 0 Å². The van der Waals surface area contributed by atoms with E-state index in [1.807, 2.05) is 30.3 Å². The van der Waals surface area contributed by atoms with E-state index in [1.54, 1.807) is 12.1 Å². The van der Waals surface area contributed by atoms with Crippen LogP contribution < -0.4 is 10.5 Å². The van der Waals surface area contributed by atoms with Crippen LogP contribution in [0.2, 0.25) is 10.0 Å². The zero-order chi connectivity index (χ0) is 20.4. The molecule has 4 aromatic rings. The summed E-state index contributed by atoms with van der Waals surface area (Å²) in [5.74, 6) is 0.419. The molecule has 2 aromatic carbocycles. The molecule has 0 amide bonds. The maximum Gasteiger partial charge on any atom is 0.221 e. The van der Waals surface area contributed by atoms with Gasteiger partial charge in [0, 0.05) is 5.56 Å². The lowest BCUT2D eigenvalue weighted by Crippen LogP contribution is -1.99. The predicted molar refractivity (Wildman–Crippen MR) is 113 cm³/mol. The highest BCUT2D eigenvalue weighted by atomic mass is 35.5. The van der Waals surface area contributed by atoms with Crippen LogP contribution in [0.5, 0.6) is 5.75 Å². The van der Waals surface area contributed by atoms with E-state index in [4.69, 9.17) is 38.9 Å². The summed E-state index contributed by atoms with van der Waals surface area (Å²) in [6.07, 6.45) is 0. The van der Waals surface area contributed by atoms with E-state index in [0.29, 0.717) is 37.2 Å². The van der Waals surface area contributed by atoms with Gasteiger partial charge in [0.2, 0.25) is 5.95 Å². The number of H-pyrrole nitrogens is 1. The molecule has 0 unspecified atom stereocenters. The Labute approximate surface area is 179 Å². The number of aromatic nitrogens is 4. The van der Waals surface area contributed by atoms with Crippen molar-refractivity contribution in [2.75, 3.05) is 12.3 Å². The van der Waals surface area contributed by atoms with E-state index in [2.05, 4.69) is 19.9 Å². The molecule has 7 nitrogen and oxygen atoms in total. The molecular formula is C19H12Cl2N6OS. The van der Waals surface area contributed by atoms with Gasteiger partial charge in [0.25, 0.3) is 0 Å².